The van der Waals surface area contributed by atoms with Crippen LogP contribution in [0.2, 0.25) is 5.02 Å². The molecule has 0 N–H and O–H groups in total. The Kier molecular flexibility index (Phi) is 8.46. The summed E-state index contributed by atoms with van der Waals surface area (Å²) in [4.78, 5) is 26.5. The number of hydrogen-bond acceptors (Lipinski definition) is 5. The van der Waals surface area contributed by atoms with E-state index >= 15 is 0 Å². The van der Waals surface area contributed by atoms with Gasteiger partial charge in [0.2, 0.25) is 0 Å². The lowest BCUT2D eigenvalue weighted by Gasteiger charge is -2.15. The number of ether oxygens (including phenoxy) is 2. The zero-order chi connectivity index (χ0) is 22.4. The van der Waals surface area contributed by atoms with Gasteiger partial charge in [0, 0.05) is 17.1 Å². The molecule has 1 fully saturated rings. The first-order valence-corrected chi connectivity index (χ1v) is 12.0. The first kappa shape index (κ1) is 23.7. The fraction of sp³-hybridized carbons (Fsp3) is 0.304. The van der Waals surface area contributed by atoms with Gasteiger partial charge >= 0.3 is 0 Å². The minimum atomic E-state index is -0.253. The molecule has 164 valence electrons. The number of hydrogen-bond donors (Lipinski definition) is 0. The molecule has 0 radical (unpaired) electrons. The quantitative estimate of drug-likeness (QED) is 0.333. The highest BCUT2D eigenvalue weighted by atomic mass is 79.9. The van der Waals surface area contributed by atoms with E-state index in [4.69, 9.17) is 21.1 Å². The molecular weight excluding hydrogens is 502 g/mol. The summed E-state index contributed by atoms with van der Waals surface area (Å²) < 4.78 is 12.5. The average molecular weight is 525 g/mol. The second kappa shape index (κ2) is 11.1. The molecule has 1 saturated heterocycles. The third-order valence-corrected chi connectivity index (χ3v) is 6.43. The van der Waals surface area contributed by atoms with Crippen LogP contribution in [0.5, 0.6) is 11.5 Å². The Hall–Kier alpha value is -1.96. The Bertz CT molecular complexity index is 1010. The van der Waals surface area contributed by atoms with Gasteiger partial charge in [-0.15, -0.1) is 0 Å². The fourth-order valence-corrected chi connectivity index (χ4v) is 4.63. The van der Waals surface area contributed by atoms with E-state index < -0.39 is 0 Å². The summed E-state index contributed by atoms with van der Waals surface area (Å²) in [6, 6.07) is 11.1. The highest BCUT2D eigenvalue weighted by Crippen LogP contribution is 2.40. The second-order valence-corrected chi connectivity index (χ2v) is 9.08. The SMILES string of the molecule is CCCCN1C(=O)S/C(=C\c2cc(Br)c(OCc3ccccc3Cl)c(OCC)c2)C1=O. The molecule has 8 heteroatoms. The Balaban J connectivity index is 1.84. The monoisotopic (exact) mass is 523 g/mol. The van der Waals surface area contributed by atoms with E-state index in [2.05, 4.69) is 15.9 Å². The van der Waals surface area contributed by atoms with Gasteiger partial charge in [-0.05, 0) is 70.9 Å². The van der Waals surface area contributed by atoms with Gasteiger partial charge in [0.05, 0.1) is 16.0 Å². The number of amides is 2. The summed E-state index contributed by atoms with van der Waals surface area (Å²) in [7, 11) is 0. The lowest BCUT2D eigenvalue weighted by Crippen LogP contribution is -2.29. The molecule has 2 aromatic carbocycles. The summed E-state index contributed by atoms with van der Waals surface area (Å²) in [5.41, 5.74) is 1.60. The average Bonchev–Trinajstić information content (AvgIpc) is 3.00. The minimum Gasteiger partial charge on any atom is -0.490 e. The number of nitrogens with zero attached hydrogens (tertiary/aromatic N) is 1. The van der Waals surface area contributed by atoms with Crippen molar-refractivity contribution in [3.63, 3.8) is 0 Å². The van der Waals surface area contributed by atoms with Crippen molar-refractivity contribution in [3.8, 4) is 11.5 Å². The lowest BCUT2D eigenvalue weighted by molar-refractivity contribution is -0.122. The van der Waals surface area contributed by atoms with E-state index in [1.165, 1.54) is 4.90 Å². The number of halogens is 2. The normalized spacial score (nSPS) is 15.1. The molecule has 0 atom stereocenters. The fourth-order valence-electron chi connectivity index (χ4n) is 3.00. The zero-order valence-electron chi connectivity index (χ0n) is 17.3. The molecule has 0 bridgehead atoms. The maximum Gasteiger partial charge on any atom is 0.293 e. The first-order valence-electron chi connectivity index (χ1n) is 10.0. The number of unbranched alkanes of at least 4 members (excludes halogenated alkanes) is 1. The second-order valence-electron chi connectivity index (χ2n) is 6.83. The molecular formula is C23H23BrClNO4S. The van der Waals surface area contributed by atoms with Crippen LogP contribution in [0.4, 0.5) is 4.79 Å². The van der Waals surface area contributed by atoms with Crippen molar-refractivity contribution in [2.45, 2.75) is 33.3 Å². The van der Waals surface area contributed by atoms with Crippen LogP contribution in [0.15, 0.2) is 45.8 Å². The zero-order valence-corrected chi connectivity index (χ0v) is 20.5. The van der Waals surface area contributed by atoms with Crippen LogP contribution in [-0.4, -0.2) is 29.2 Å². The van der Waals surface area contributed by atoms with Crippen molar-refractivity contribution in [2.75, 3.05) is 13.2 Å². The van der Waals surface area contributed by atoms with Crippen molar-refractivity contribution >= 4 is 56.5 Å². The van der Waals surface area contributed by atoms with Gasteiger partial charge in [0.1, 0.15) is 6.61 Å². The molecule has 5 nitrogen and oxygen atoms in total. The number of benzene rings is 2. The van der Waals surface area contributed by atoms with Gasteiger partial charge in [-0.25, -0.2) is 0 Å². The molecule has 2 amide bonds. The van der Waals surface area contributed by atoms with Gasteiger partial charge in [-0.3, -0.25) is 14.5 Å². The van der Waals surface area contributed by atoms with Crippen molar-refractivity contribution in [1.29, 1.82) is 0 Å². The Morgan fingerprint density at radius 1 is 1.16 bits per heavy atom. The molecule has 0 unspecified atom stereocenters. The summed E-state index contributed by atoms with van der Waals surface area (Å²) in [5, 5.41) is 0.403. The summed E-state index contributed by atoms with van der Waals surface area (Å²) in [6.45, 7) is 5.09. The molecule has 0 aromatic heterocycles. The summed E-state index contributed by atoms with van der Waals surface area (Å²) >= 11 is 10.7. The minimum absolute atomic E-state index is 0.228. The van der Waals surface area contributed by atoms with Crippen LogP contribution in [0.25, 0.3) is 6.08 Å². The van der Waals surface area contributed by atoms with Crippen molar-refractivity contribution in [1.82, 2.24) is 4.90 Å². The van der Waals surface area contributed by atoms with E-state index in [1.54, 1.807) is 12.1 Å². The standard InChI is InChI=1S/C23H23BrClNO4S/c1-3-5-10-26-22(27)20(31-23(26)28)13-15-11-17(24)21(19(12-15)29-4-2)30-14-16-8-6-7-9-18(16)25/h6-9,11-13H,3-5,10,14H2,1-2H3/b20-13-. The lowest BCUT2D eigenvalue weighted by atomic mass is 10.1. The third-order valence-electron chi connectivity index (χ3n) is 4.57. The van der Waals surface area contributed by atoms with Crippen LogP contribution in [0.3, 0.4) is 0 Å². The van der Waals surface area contributed by atoms with Gasteiger partial charge < -0.3 is 9.47 Å². The van der Waals surface area contributed by atoms with Gasteiger partial charge in [-0.1, -0.05) is 43.1 Å². The first-order chi connectivity index (χ1) is 14.9. The van der Waals surface area contributed by atoms with E-state index in [0.717, 1.165) is 35.7 Å². The van der Waals surface area contributed by atoms with Gasteiger partial charge in [-0.2, -0.15) is 0 Å². The summed E-state index contributed by atoms with van der Waals surface area (Å²) in [6.07, 6.45) is 3.42. The van der Waals surface area contributed by atoms with E-state index in [-0.39, 0.29) is 17.8 Å². The smallest absolute Gasteiger partial charge is 0.293 e. The van der Waals surface area contributed by atoms with Crippen molar-refractivity contribution in [3.05, 3.63) is 61.9 Å². The maximum absolute atomic E-state index is 12.6. The predicted octanol–water partition coefficient (Wildman–Crippen LogP) is 6.92. The van der Waals surface area contributed by atoms with E-state index in [1.807, 2.05) is 44.2 Å². The van der Waals surface area contributed by atoms with Crippen molar-refractivity contribution < 1.29 is 19.1 Å². The Morgan fingerprint density at radius 3 is 2.65 bits per heavy atom. The van der Waals surface area contributed by atoms with Crippen LogP contribution < -0.4 is 9.47 Å². The molecule has 31 heavy (non-hydrogen) atoms. The molecule has 0 spiro atoms. The number of carbonyl (C=O) groups excluding carboxylic acids is 2. The highest BCUT2D eigenvalue weighted by molar-refractivity contribution is 9.10. The highest BCUT2D eigenvalue weighted by Gasteiger charge is 2.34. The number of carbonyl (C=O) groups is 2. The molecule has 0 aliphatic carbocycles. The number of thioether (sulfide) groups is 1. The topological polar surface area (TPSA) is 55.8 Å². The molecule has 2 aromatic rings. The molecule has 1 aliphatic heterocycles. The van der Waals surface area contributed by atoms with Crippen LogP contribution >= 0.6 is 39.3 Å². The van der Waals surface area contributed by atoms with Gasteiger partial charge in [0.15, 0.2) is 11.5 Å². The Morgan fingerprint density at radius 2 is 1.94 bits per heavy atom. The van der Waals surface area contributed by atoms with E-state index in [9.17, 15) is 9.59 Å². The van der Waals surface area contributed by atoms with Crippen LogP contribution in [-0.2, 0) is 11.4 Å². The maximum atomic E-state index is 12.6. The molecule has 1 heterocycles. The molecule has 3 rings (SSSR count). The number of imide groups is 1. The van der Waals surface area contributed by atoms with Crippen molar-refractivity contribution in [2.24, 2.45) is 0 Å². The largest absolute Gasteiger partial charge is 0.490 e. The number of rotatable bonds is 9. The van der Waals surface area contributed by atoms with Crippen LogP contribution in [0, 0.1) is 0 Å². The van der Waals surface area contributed by atoms with E-state index in [0.29, 0.717) is 39.1 Å². The summed E-state index contributed by atoms with van der Waals surface area (Å²) in [5.74, 6) is 0.840. The third kappa shape index (κ3) is 5.84. The Labute approximate surface area is 199 Å². The molecule has 1 aliphatic rings. The van der Waals surface area contributed by atoms with Gasteiger partial charge in [0.25, 0.3) is 11.1 Å². The molecule has 0 saturated carbocycles. The van der Waals surface area contributed by atoms with Crippen LogP contribution in [0.1, 0.15) is 37.8 Å². The predicted molar refractivity (Wildman–Crippen MR) is 129 cm³/mol.